The van der Waals surface area contributed by atoms with E-state index in [-0.39, 0.29) is 11.7 Å². The molecule has 0 saturated carbocycles. The Bertz CT molecular complexity index is 486. The fourth-order valence-electron chi connectivity index (χ4n) is 1.22. The molecule has 0 amide bonds. The minimum Gasteiger partial charge on any atom is -0.406 e. The highest BCUT2D eigenvalue weighted by Crippen LogP contribution is 2.25. The Balaban J connectivity index is 2.87. The first-order valence-electron chi connectivity index (χ1n) is 5.41. The topological polar surface area (TPSA) is 57.4 Å². The summed E-state index contributed by atoms with van der Waals surface area (Å²) in [7, 11) is 0. The number of nitrogens with zero attached hydrogens (tertiary/aromatic N) is 2. The number of nitriles is 1. The van der Waals surface area contributed by atoms with E-state index in [2.05, 4.69) is 15.0 Å². The van der Waals surface area contributed by atoms with Crippen LogP contribution in [-0.4, -0.2) is 12.2 Å². The van der Waals surface area contributed by atoms with Crippen LogP contribution in [0.2, 0.25) is 0 Å². The van der Waals surface area contributed by atoms with Crippen molar-refractivity contribution in [2.75, 3.05) is 0 Å². The van der Waals surface area contributed by atoms with Gasteiger partial charge in [0.15, 0.2) is 6.19 Å². The lowest BCUT2D eigenvalue weighted by Gasteiger charge is -2.09. The third kappa shape index (κ3) is 5.29. The smallest absolute Gasteiger partial charge is 0.406 e. The summed E-state index contributed by atoms with van der Waals surface area (Å²) >= 11 is 0. The number of alkyl halides is 3. The van der Waals surface area contributed by atoms with E-state index in [4.69, 9.17) is 5.26 Å². The first-order chi connectivity index (χ1) is 8.81. The largest absolute Gasteiger partial charge is 0.573 e. The van der Waals surface area contributed by atoms with Crippen LogP contribution < -0.4 is 10.1 Å². The molecule has 4 nitrogen and oxygen atoms in total. The summed E-state index contributed by atoms with van der Waals surface area (Å²) < 4.78 is 39.6. The molecule has 0 atom stereocenters. The fraction of sp³-hybridized carbons (Fsp3) is 0.333. The van der Waals surface area contributed by atoms with Crippen LogP contribution in [0.1, 0.15) is 13.8 Å². The van der Waals surface area contributed by atoms with E-state index in [1.54, 1.807) is 6.19 Å². The predicted molar refractivity (Wildman–Crippen MR) is 63.8 cm³/mol. The Morgan fingerprint density at radius 3 is 2.32 bits per heavy atom. The van der Waals surface area contributed by atoms with Gasteiger partial charge in [-0.25, -0.2) is 4.99 Å². The lowest BCUT2D eigenvalue weighted by molar-refractivity contribution is -0.274. The maximum atomic E-state index is 12.0. The van der Waals surface area contributed by atoms with Gasteiger partial charge < -0.3 is 4.74 Å². The van der Waals surface area contributed by atoms with E-state index >= 15 is 0 Å². The van der Waals surface area contributed by atoms with Crippen molar-refractivity contribution in [3.63, 3.8) is 0 Å². The molecule has 1 rings (SSSR count). The normalized spacial score (nSPS) is 12.2. The zero-order chi connectivity index (χ0) is 14.5. The molecular weight excluding hydrogens is 259 g/mol. The molecule has 1 aromatic rings. The summed E-state index contributed by atoms with van der Waals surface area (Å²) in [6.45, 7) is 3.68. The molecule has 102 valence electrons. The number of nitrogens with one attached hydrogen (secondary N) is 1. The monoisotopic (exact) mass is 271 g/mol. The van der Waals surface area contributed by atoms with Crippen LogP contribution in [0.25, 0.3) is 0 Å². The molecule has 1 aromatic carbocycles. The van der Waals surface area contributed by atoms with E-state index in [9.17, 15) is 13.2 Å². The first kappa shape index (κ1) is 14.8. The van der Waals surface area contributed by atoms with Crippen LogP contribution in [0.4, 0.5) is 18.9 Å². The molecule has 0 bridgehead atoms. The lowest BCUT2D eigenvalue weighted by atomic mass is 10.2. The standard InChI is InChI=1S/C12H12F3N3O/c1-8(2)11(17-7-16)18-9-3-5-10(6-4-9)19-12(13,14)15/h3-6,8H,1-2H3,(H,17,18). The number of ether oxygens (including phenoxy) is 1. The van der Waals surface area contributed by atoms with Crippen LogP contribution >= 0.6 is 0 Å². The Kier molecular flexibility index (Phi) is 4.75. The van der Waals surface area contributed by atoms with Crippen molar-refractivity contribution < 1.29 is 17.9 Å². The van der Waals surface area contributed by atoms with Crippen molar-refractivity contribution in [2.24, 2.45) is 10.9 Å². The first-order valence-corrected chi connectivity index (χ1v) is 5.41. The van der Waals surface area contributed by atoms with Gasteiger partial charge in [0.2, 0.25) is 0 Å². The van der Waals surface area contributed by atoms with Crippen LogP contribution in [0.3, 0.4) is 0 Å². The number of benzene rings is 1. The van der Waals surface area contributed by atoms with Gasteiger partial charge in [-0.2, -0.15) is 5.26 Å². The third-order valence-electron chi connectivity index (χ3n) is 2.05. The minimum atomic E-state index is -4.71. The van der Waals surface area contributed by atoms with Crippen molar-refractivity contribution in [3.8, 4) is 11.9 Å². The van der Waals surface area contributed by atoms with Crippen LogP contribution in [-0.2, 0) is 0 Å². The summed E-state index contributed by atoms with van der Waals surface area (Å²) in [5.74, 6) is 0.114. The number of rotatable bonds is 3. The molecular formula is C12H12F3N3O. The van der Waals surface area contributed by atoms with E-state index in [1.807, 2.05) is 13.8 Å². The maximum absolute atomic E-state index is 12.0. The minimum absolute atomic E-state index is 0.00856. The molecule has 1 N–H and O–H groups in total. The molecule has 0 heterocycles. The Hall–Kier alpha value is -2.23. The van der Waals surface area contributed by atoms with Crippen molar-refractivity contribution in [1.82, 2.24) is 5.32 Å². The van der Waals surface area contributed by atoms with Gasteiger partial charge in [-0.1, -0.05) is 13.8 Å². The van der Waals surface area contributed by atoms with Crippen LogP contribution in [0, 0.1) is 17.4 Å². The van der Waals surface area contributed by atoms with Gasteiger partial charge in [-0.05, 0) is 24.3 Å². The van der Waals surface area contributed by atoms with Gasteiger partial charge in [0.05, 0.1) is 5.69 Å². The number of amidine groups is 1. The second kappa shape index (κ2) is 6.09. The Morgan fingerprint density at radius 1 is 1.32 bits per heavy atom. The van der Waals surface area contributed by atoms with E-state index in [0.29, 0.717) is 11.5 Å². The third-order valence-corrected chi connectivity index (χ3v) is 2.05. The van der Waals surface area contributed by atoms with E-state index in [1.165, 1.54) is 12.1 Å². The zero-order valence-corrected chi connectivity index (χ0v) is 10.3. The lowest BCUT2D eigenvalue weighted by Crippen LogP contribution is -2.23. The highest BCUT2D eigenvalue weighted by Gasteiger charge is 2.30. The molecule has 0 unspecified atom stereocenters. The Morgan fingerprint density at radius 2 is 1.89 bits per heavy atom. The number of hydrogen-bond acceptors (Lipinski definition) is 3. The summed E-state index contributed by atoms with van der Waals surface area (Å²) in [6, 6.07) is 5.08. The average Bonchev–Trinajstić information content (AvgIpc) is 2.29. The van der Waals surface area contributed by atoms with E-state index < -0.39 is 6.36 Å². The number of hydrogen-bond donors (Lipinski definition) is 1. The molecule has 0 aromatic heterocycles. The fourth-order valence-corrected chi connectivity index (χ4v) is 1.22. The van der Waals surface area contributed by atoms with Gasteiger partial charge in [-0.3, -0.25) is 5.32 Å². The van der Waals surface area contributed by atoms with Gasteiger partial charge in [0.1, 0.15) is 11.6 Å². The summed E-state index contributed by atoms with van der Waals surface area (Å²) in [6.07, 6.45) is -2.95. The molecule has 0 aliphatic carbocycles. The average molecular weight is 271 g/mol. The van der Waals surface area contributed by atoms with Crippen LogP contribution in [0.5, 0.6) is 5.75 Å². The summed E-state index contributed by atoms with van der Waals surface area (Å²) in [5.41, 5.74) is 0.431. The summed E-state index contributed by atoms with van der Waals surface area (Å²) in [5, 5.41) is 11.0. The zero-order valence-electron chi connectivity index (χ0n) is 10.3. The Labute approximate surface area is 108 Å². The summed E-state index contributed by atoms with van der Waals surface area (Å²) in [4.78, 5) is 4.13. The second-order valence-corrected chi connectivity index (χ2v) is 3.93. The molecule has 0 spiro atoms. The van der Waals surface area contributed by atoms with E-state index in [0.717, 1.165) is 12.1 Å². The van der Waals surface area contributed by atoms with Crippen molar-refractivity contribution >= 4 is 11.5 Å². The highest BCUT2D eigenvalue weighted by molar-refractivity contribution is 5.87. The molecule has 0 aliphatic rings. The van der Waals surface area contributed by atoms with Gasteiger partial charge in [0, 0.05) is 5.92 Å². The second-order valence-electron chi connectivity index (χ2n) is 3.93. The van der Waals surface area contributed by atoms with Gasteiger partial charge >= 0.3 is 6.36 Å². The molecule has 0 aliphatic heterocycles. The van der Waals surface area contributed by atoms with Gasteiger partial charge in [0.25, 0.3) is 0 Å². The quantitative estimate of drug-likeness (QED) is 0.397. The molecule has 0 fully saturated rings. The maximum Gasteiger partial charge on any atom is 0.573 e. The van der Waals surface area contributed by atoms with Crippen molar-refractivity contribution in [3.05, 3.63) is 24.3 Å². The molecule has 7 heteroatoms. The van der Waals surface area contributed by atoms with Gasteiger partial charge in [-0.15, -0.1) is 13.2 Å². The predicted octanol–water partition coefficient (Wildman–Crippen LogP) is 3.34. The highest BCUT2D eigenvalue weighted by atomic mass is 19.4. The van der Waals surface area contributed by atoms with Crippen molar-refractivity contribution in [2.45, 2.75) is 20.2 Å². The SMILES string of the molecule is CC(C)C(=Nc1ccc(OC(F)(F)F)cc1)NC#N. The molecule has 0 saturated heterocycles. The molecule has 19 heavy (non-hydrogen) atoms. The van der Waals surface area contributed by atoms with Crippen molar-refractivity contribution in [1.29, 1.82) is 5.26 Å². The molecule has 0 radical (unpaired) electrons. The number of halogens is 3. The van der Waals surface area contributed by atoms with Crippen LogP contribution in [0.15, 0.2) is 29.3 Å². The number of aliphatic imine (C=N–C) groups is 1.